The van der Waals surface area contributed by atoms with Crippen LogP contribution in [0.4, 0.5) is 0 Å². The molecule has 0 saturated heterocycles. The predicted octanol–water partition coefficient (Wildman–Crippen LogP) is 3.48. The van der Waals surface area contributed by atoms with Crippen molar-refractivity contribution in [3.63, 3.8) is 0 Å². The minimum atomic E-state index is -0.736. The van der Waals surface area contributed by atoms with E-state index in [1.165, 1.54) is 0 Å². The van der Waals surface area contributed by atoms with Gasteiger partial charge in [0.1, 0.15) is 5.75 Å². The molecule has 24 heavy (non-hydrogen) atoms. The summed E-state index contributed by atoms with van der Waals surface area (Å²) in [6.07, 6.45) is 6.49. The Hall–Kier alpha value is -2.17. The summed E-state index contributed by atoms with van der Waals surface area (Å²) in [4.78, 5) is 11.0. The molecule has 0 aliphatic heterocycles. The third kappa shape index (κ3) is 2.83. The molecule has 1 aromatic rings. The van der Waals surface area contributed by atoms with Crippen molar-refractivity contribution in [3.05, 3.63) is 29.8 Å². The molecule has 0 radical (unpaired) electrons. The first-order valence-corrected chi connectivity index (χ1v) is 8.29. The Kier molecular flexibility index (Phi) is 4.69. The van der Waals surface area contributed by atoms with Gasteiger partial charge in [0.05, 0.1) is 21.3 Å². The Labute approximate surface area is 142 Å². The number of hydrogen-bond acceptors (Lipinski definition) is 4. The van der Waals surface area contributed by atoms with Gasteiger partial charge in [-0.25, -0.2) is 0 Å². The van der Waals surface area contributed by atoms with Gasteiger partial charge in [0.15, 0.2) is 11.5 Å². The van der Waals surface area contributed by atoms with Crippen LogP contribution in [0, 0.1) is 17.8 Å². The number of allylic oxidation sites excluding steroid dienone is 2. The Morgan fingerprint density at radius 1 is 1.04 bits per heavy atom. The van der Waals surface area contributed by atoms with Gasteiger partial charge in [-0.05, 0) is 42.6 Å². The number of carbonyl (C=O) groups is 1. The molecule has 130 valence electrons. The fourth-order valence-electron chi connectivity index (χ4n) is 4.38. The second-order valence-electron chi connectivity index (χ2n) is 6.52. The molecule has 0 heterocycles. The molecule has 1 fully saturated rings. The zero-order chi connectivity index (χ0) is 17.3. The molecule has 1 N–H and O–H groups in total. The zero-order valence-electron chi connectivity index (χ0n) is 14.3. The van der Waals surface area contributed by atoms with Crippen LogP contribution in [0.2, 0.25) is 0 Å². The average Bonchev–Trinajstić information content (AvgIpc) is 3.19. The second kappa shape index (κ2) is 6.75. The maximum atomic E-state index is 11.0. The molecule has 3 rings (SSSR count). The summed E-state index contributed by atoms with van der Waals surface area (Å²) in [6.45, 7) is 0. The quantitative estimate of drug-likeness (QED) is 0.774. The summed E-state index contributed by atoms with van der Waals surface area (Å²) in [5.41, 5.74) is 1.09. The first-order valence-electron chi connectivity index (χ1n) is 8.29. The number of benzene rings is 1. The van der Waals surface area contributed by atoms with E-state index in [1.54, 1.807) is 21.3 Å². The van der Waals surface area contributed by atoms with Crippen molar-refractivity contribution in [2.24, 2.45) is 17.8 Å². The predicted molar refractivity (Wildman–Crippen MR) is 89.9 cm³/mol. The van der Waals surface area contributed by atoms with Gasteiger partial charge >= 0.3 is 5.97 Å². The number of aliphatic carboxylic acids is 1. The van der Waals surface area contributed by atoms with Crippen LogP contribution in [0.3, 0.4) is 0 Å². The summed E-state index contributed by atoms with van der Waals surface area (Å²) in [5.74, 6) is 2.82. The minimum absolute atomic E-state index is 0.202. The molecule has 0 amide bonds. The van der Waals surface area contributed by atoms with Crippen LogP contribution in [0.15, 0.2) is 24.3 Å². The largest absolute Gasteiger partial charge is 0.496 e. The summed E-state index contributed by atoms with van der Waals surface area (Å²) < 4.78 is 16.4. The van der Waals surface area contributed by atoms with Gasteiger partial charge in [0.2, 0.25) is 0 Å². The number of fused-ring (bicyclic) bond motifs is 2. The van der Waals surface area contributed by atoms with Crippen LogP contribution in [-0.2, 0) is 4.79 Å². The lowest BCUT2D eigenvalue weighted by atomic mass is 9.76. The van der Waals surface area contributed by atoms with Gasteiger partial charge < -0.3 is 19.3 Å². The van der Waals surface area contributed by atoms with E-state index in [9.17, 15) is 4.79 Å². The van der Waals surface area contributed by atoms with Crippen LogP contribution in [0.5, 0.6) is 17.2 Å². The van der Waals surface area contributed by atoms with Gasteiger partial charge in [-0.2, -0.15) is 0 Å². The van der Waals surface area contributed by atoms with E-state index in [0.717, 1.165) is 17.7 Å². The van der Waals surface area contributed by atoms with E-state index in [0.29, 0.717) is 35.7 Å². The summed E-state index contributed by atoms with van der Waals surface area (Å²) in [6, 6.07) is 3.85. The van der Waals surface area contributed by atoms with E-state index < -0.39 is 5.97 Å². The lowest BCUT2D eigenvalue weighted by molar-refractivity contribution is -0.137. The molecule has 5 heteroatoms. The number of ether oxygens (including phenoxy) is 3. The second-order valence-corrected chi connectivity index (χ2v) is 6.52. The fourth-order valence-corrected chi connectivity index (χ4v) is 4.38. The normalized spacial score (nSPS) is 27.3. The Balaban J connectivity index is 1.99. The van der Waals surface area contributed by atoms with Gasteiger partial charge in [-0.3, -0.25) is 4.79 Å². The maximum Gasteiger partial charge on any atom is 0.303 e. The Morgan fingerprint density at radius 2 is 1.67 bits per heavy atom. The van der Waals surface area contributed by atoms with E-state index in [-0.39, 0.29) is 12.3 Å². The first-order chi connectivity index (χ1) is 11.6. The number of methoxy groups -OCH3 is 3. The van der Waals surface area contributed by atoms with E-state index in [1.807, 2.05) is 12.1 Å². The van der Waals surface area contributed by atoms with Crippen molar-refractivity contribution < 1.29 is 24.1 Å². The van der Waals surface area contributed by atoms with Gasteiger partial charge in [0, 0.05) is 18.1 Å². The van der Waals surface area contributed by atoms with Crippen LogP contribution >= 0.6 is 0 Å². The lowest BCUT2D eigenvalue weighted by Crippen LogP contribution is -2.20. The molecule has 2 aliphatic carbocycles. The van der Waals surface area contributed by atoms with Crippen LogP contribution < -0.4 is 14.2 Å². The van der Waals surface area contributed by atoms with Crippen molar-refractivity contribution in [3.8, 4) is 17.2 Å². The SMILES string of the molecule is COc1cc(OC)c(C2C3C=CC(C3)C2CCC(=O)O)cc1OC. The van der Waals surface area contributed by atoms with Gasteiger partial charge in [0.25, 0.3) is 0 Å². The Morgan fingerprint density at radius 3 is 2.29 bits per heavy atom. The highest BCUT2D eigenvalue weighted by atomic mass is 16.5. The number of rotatable bonds is 7. The topological polar surface area (TPSA) is 65.0 Å². The van der Waals surface area contributed by atoms with Crippen molar-refractivity contribution >= 4 is 5.97 Å². The summed E-state index contributed by atoms with van der Waals surface area (Å²) >= 11 is 0. The summed E-state index contributed by atoms with van der Waals surface area (Å²) in [5, 5.41) is 9.07. The molecule has 4 unspecified atom stereocenters. The maximum absolute atomic E-state index is 11.0. The third-order valence-electron chi connectivity index (χ3n) is 5.41. The highest BCUT2D eigenvalue weighted by Gasteiger charge is 2.46. The minimum Gasteiger partial charge on any atom is -0.496 e. The molecule has 0 aromatic heterocycles. The highest BCUT2D eigenvalue weighted by Crippen LogP contribution is 2.57. The van der Waals surface area contributed by atoms with Crippen LogP contribution in [0.25, 0.3) is 0 Å². The molecule has 2 bridgehead atoms. The fraction of sp³-hybridized carbons (Fsp3) is 0.526. The van der Waals surface area contributed by atoms with Gasteiger partial charge in [-0.1, -0.05) is 12.2 Å². The third-order valence-corrected chi connectivity index (χ3v) is 5.41. The first kappa shape index (κ1) is 16.7. The number of carboxylic acid groups (broad SMARTS) is 1. The smallest absolute Gasteiger partial charge is 0.303 e. The molecular weight excluding hydrogens is 308 g/mol. The van der Waals surface area contributed by atoms with Crippen molar-refractivity contribution in [1.82, 2.24) is 0 Å². The van der Waals surface area contributed by atoms with Crippen molar-refractivity contribution in [2.45, 2.75) is 25.2 Å². The van der Waals surface area contributed by atoms with Crippen LogP contribution in [0.1, 0.15) is 30.7 Å². The average molecular weight is 332 g/mol. The molecule has 4 atom stereocenters. The van der Waals surface area contributed by atoms with E-state index in [2.05, 4.69) is 12.2 Å². The zero-order valence-corrected chi connectivity index (χ0v) is 14.3. The lowest BCUT2D eigenvalue weighted by Gasteiger charge is -2.30. The number of hydrogen-bond donors (Lipinski definition) is 1. The Bertz CT molecular complexity index is 651. The molecule has 5 nitrogen and oxygen atoms in total. The van der Waals surface area contributed by atoms with Crippen molar-refractivity contribution in [1.29, 1.82) is 0 Å². The van der Waals surface area contributed by atoms with E-state index >= 15 is 0 Å². The molecule has 0 spiro atoms. The van der Waals surface area contributed by atoms with Gasteiger partial charge in [-0.15, -0.1) is 0 Å². The molecule has 1 aromatic carbocycles. The standard InChI is InChI=1S/C19H24O5/c1-22-15-10-17(24-3)16(23-2)9-14(15)19-12-5-4-11(8-12)13(19)6-7-18(20)21/h4-5,9-13,19H,6-8H2,1-3H3,(H,20,21). The van der Waals surface area contributed by atoms with Crippen molar-refractivity contribution in [2.75, 3.05) is 21.3 Å². The molecule has 2 aliphatic rings. The summed E-state index contributed by atoms with van der Waals surface area (Å²) in [7, 11) is 4.88. The van der Waals surface area contributed by atoms with E-state index in [4.69, 9.17) is 19.3 Å². The van der Waals surface area contributed by atoms with Crippen LogP contribution in [-0.4, -0.2) is 32.4 Å². The highest BCUT2D eigenvalue weighted by molar-refractivity contribution is 5.66. The number of carboxylic acids is 1. The molecule has 1 saturated carbocycles. The monoisotopic (exact) mass is 332 g/mol. The molecular formula is C19H24O5.